The number of anilines is 1. The number of aromatic nitrogens is 3. The second kappa shape index (κ2) is 12.6. The number of halogens is 3. The van der Waals surface area contributed by atoms with Crippen molar-refractivity contribution in [3.8, 4) is 0 Å². The number of nitrogens with zero attached hydrogens (tertiary/aromatic N) is 3. The minimum Gasteiger partial charge on any atom is -0.342 e. The average molecular weight is 567 g/mol. The number of carbonyl (C=O) groups is 2. The maximum Gasteiger partial charge on any atom is 0.253 e. The molecule has 2 N–H and O–H groups in total. The maximum atomic E-state index is 13.0. The predicted molar refractivity (Wildman–Crippen MR) is 147 cm³/mol. The molecular weight excluding hydrogens is 541 g/mol. The van der Waals surface area contributed by atoms with Crippen molar-refractivity contribution >= 4 is 64.1 Å². The van der Waals surface area contributed by atoms with Crippen LogP contribution < -0.4 is 10.6 Å². The van der Waals surface area contributed by atoms with E-state index in [9.17, 15) is 9.59 Å². The summed E-state index contributed by atoms with van der Waals surface area (Å²) in [4.78, 5) is 25.6. The zero-order valence-corrected chi connectivity index (χ0v) is 23.1. The van der Waals surface area contributed by atoms with Gasteiger partial charge in [-0.15, -0.1) is 16.8 Å². The lowest BCUT2D eigenvalue weighted by atomic mass is 10.0. The molecule has 0 aliphatic rings. The molecule has 3 rings (SSSR count). The van der Waals surface area contributed by atoms with Gasteiger partial charge in [0.2, 0.25) is 5.91 Å². The van der Waals surface area contributed by atoms with Crippen LogP contribution in [0.2, 0.25) is 15.1 Å². The van der Waals surface area contributed by atoms with E-state index >= 15 is 0 Å². The first kappa shape index (κ1) is 28.1. The van der Waals surface area contributed by atoms with Gasteiger partial charge in [0.25, 0.3) is 5.91 Å². The van der Waals surface area contributed by atoms with Gasteiger partial charge in [0.05, 0.1) is 22.4 Å². The molecule has 0 bridgehead atoms. The van der Waals surface area contributed by atoms with E-state index in [2.05, 4.69) is 27.4 Å². The third-order valence-electron chi connectivity index (χ3n) is 5.34. The standard InChI is InChI=1S/C25H26Cl3N5O2S/c1-5-11-33-23(22(14(2)3)30-24(35)17-10-9-16(26)12-19(17)28)31-32-25(33)36-13-21(34)29-20-8-6-7-18(27)15(20)4/h5-10,12,14,22H,1,11,13H2,2-4H3,(H,29,34)(H,30,35)/t22-/m0/s1. The molecule has 0 saturated heterocycles. The number of thioether (sulfide) groups is 1. The molecule has 7 nitrogen and oxygen atoms in total. The van der Waals surface area contributed by atoms with E-state index in [1.165, 1.54) is 17.8 Å². The van der Waals surface area contributed by atoms with E-state index in [0.29, 0.717) is 38.8 Å². The molecule has 1 heterocycles. The van der Waals surface area contributed by atoms with Crippen LogP contribution in [0.5, 0.6) is 0 Å². The molecule has 36 heavy (non-hydrogen) atoms. The Morgan fingerprint density at radius 2 is 1.89 bits per heavy atom. The lowest BCUT2D eigenvalue weighted by Gasteiger charge is -2.23. The van der Waals surface area contributed by atoms with Gasteiger partial charge in [0.15, 0.2) is 11.0 Å². The number of hydrogen-bond acceptors (Lipinski definition) is 5. The number of hydrogen-bond donors (Lipinski definition) is 2. The van der Waals surface area contributed by atoms with Crippen molar-refractivity contribution in [1.29, 1.82) is 0 Å². The summed E-state index contributed by atoms with van der Waals surface area (Å²) in [5.41, 5.74) is 1.76. The lowest BCUT2D eigenvalue weighted by molar-refractivity contribution is -0.113. The van der Waals surface area contributed by atoms with E-state index < -0.39 is 6.04 Å². The van der Waals surface area contributed by atoms with E-state index in [1.807, 2.05) is 25.3 Å². The van der Waals surface area contributed by atoms with Crippen LogP contribution in [0.3, 0.4) is 0 Å². The summed E-state index contributed by atoms with van der Waals surface area (Å²) in [6.07, 6.45) is 1.71. The third kappa shape index (κ3) is 6.82. The van der Waals surface area contributed by atoms with Gasteiger partial charge in [-0.25, -0.2) is 0 Å². The fourth-order valence-electron chi connectivity index (χ4n) is 3.42. The molecule has 3 aromatic rings. The molecule has 0 unspecified atom stereocenters. The normalized spacial score (nSPS) is 11.9. The Hall–Kier alpha value is -2.52. The van der Waals surface area contributed by atoms with Gasteiger partial charge >= 0.3 is 0 Å². The van der Waals surface area contributed by atoms with E-state index in [1.54, 1.807) is 36.4 Å². The van der Waals surface area contributed by atoms with Crippen LogP contribution in [0.4, 0.5) is 5.69 Å². The summed E-state index contributed by atoms with van der Waals surface area (Å²) >= 11 is 19.6. The highest BCUT2D eigenvalue weighted by atomic mass is 35.5. The van der Waals surface area contributed by atoms with Gasteiger partial charge < -0.3 is 15.2 Å². The van der Waals surface area contributed by atoms with Crippen molar-refractivity contribution in [2.45, 2.75) is 38.5 Å². The molecule has 2 amide bonds. The SMILES string of the molecule is C=CCn1c(SCC(=O)Nc2cccc(Cl)c2C)nnc1[C@@H](NC(=O)c1ccc(Cl)cc1Cl)C(C)C. The fourth-order valence-corrected chi connectivity index (χ4v) is 4.84. The van der Waals surface area contributed by atoms with Crippen molar-refractivity contribution in [2.24, 2.45) is 5.92 Å². The number of allylic oxidation sites excluding steroid dienone is 1. The largest absolute Gasteiger partial charge is 0.342 e. The summed E-state index contributed by atoms with van der Waals surface area (Å²) < 4.78 is 1.84. The van der Waals surface area contributed by atoms with Crippen LogP contribution in [0, 0.1) is 12.8 Å². The van der Waals surface area contributed by atoms with Gasteiger partial charge in [-0.1, -0.05) is 72.6 Å². The Balaban J connectivity index is 1.78. The summed E-state index contributed by atoms with van der Waals surface area (Å²) in [6.45, 7) is 10.0. The molecule has 0 aliphatic carbocycles. The Labute approximate surface area is 229 Å². The van der Waals surface area contributed by atoms with Gasteiger partial charge in [0, 0.05) is 22.3 Å². The molecule has 0 saturated carbocycles. The van der Waals surface area contributed by atoms with E-state index in [-0.39, 0.29) is 28.5 Å². The Morgan fingerprint density at radius 1 is 1.14 bits per heavy atom. The first-order valence-corrected chi connectivity index (χ1v) is 13.2. The highest BCUT2D eigenvalue weighted by molar-refractivity contribution is 7.99. The highest BCUT2D eigenvalue weighted by Crippen LogP contribution is 2.28. The van der Waals surface area contributed by atoms with Crippen molar-refractivity contribution in [3.63, 3.8) is 0 Å². The molecule has 11 heteroatoms. The topological polar surface area (TPSA) is 88.9 Å². The van der Waals surface area contributed by atoms with E-state index in [4.69, 9.17) is 34.8 Å². The maximum absolute atomic E-state index is 13.0. The van der Waals surface area contributed by atoms with Crippen molar-refractivity contribution in [3.05, 3.63) is 81.1 Å². The van der Waals surface area contributed by atoms with Crippen LogP contribution >= 0.6 is 46.6 Å². The van der Waals surface area contributed by atoms with Gasteiger partial charge in [0.1, 0.15) is 0 Å². The first-order chi connectivity index (χ1) is 17.1. The third-order valence-corrected chi connectivity index (χ3v) is 7.26. The molecule has 190 valence electrons. The second-order valence-electron chi connectivity index (χ2n) is 8.31. The minimum absolute atomic E-state index is 0.0141. The first-order valence-electron chi connectivity index (χ1n) is 11.1. The molecule has 1 atom stereocenters. The molecule has 0 spiro atoms. The zero-order valence-electron chi connectivity index (χ0n) is 20.0. The van der Waals surface area contributed by atoms with Gasteiger partial charge in [-0.05, 0) is 48.7 Å². The Morgan fingerprint density at radius 3 is 2.56 bits per heavy atom. The minimum atomic E-state index is -0.464. The quantitative estimate of drug-likeness (QED) is 0.213. The van der Waals surface area contributed by atoms with Crippen LogP contribution in [0.1, 0.15) is 41.6 Å². The predicted octanol–water partition coefficient (Wildman–Crippen LogP) is 6.59. The highest BCUT2D eigenvalue weighted by Gasteiger charge is 2.27. The Kier molecular flexibility index (Phi) is 9.84. The van der Waals surface area contributed by atoms with Crippen LogP contribution in [0.15, 0.2) is 54.2 Å². The fraction of sp³-hybridized carbons (Fsp3) is 0.280. The number of rotatable bonds is 10. The molecule has 1 aromatic heterocycles. The molecule has 0 aliphatic heterocycles. The van der Waals surface area contributed by atoms with E-state index in [0.717, 1.165) is 5.56 Å². The van der Waals surface area contributed by atoms with Crippen LogP contribution in [0.25, 0.3) is 0 Å². The summed E-state index contributed by atoms with van der Waals surface area (Å²) in [6, 6.07) is 9.59. The summed E-state index contributed by atoms with van der Waals surface area (Å²) in [5.74, 6) is 0.0946. The Bertz CT molecular complexity index is 1280. The van der Waals surface area contributed by atoms with Crippen LogP contribution in [-0.2, 0) is 11.3 Å². The molecule has 0 radical (unpaired) electrons. The molecule has 2 aromatic carbocycles. The number of carbonyl (C=O) groups excluding carboxylic acids is 2. The lowest BCUT2D eigenvalue weighted by Crippen LogP contribution is -2.34. The van der Waals surface area contributed by atoms with Crippen LogP contribution in [-0.4, -0.2) is 32.3 Å². The van der Waals surface area contributed by atoms with Crippen molar-refractivity contribution < 1.29 is 9.59 Å². The van der Waals surface area contributed by atoms with Crippen molar-refractivity contribution in [1.82, 2.24) is 20.1 Å². The van der Waals surface area contributed by atoms with Gasteiger partial charge in [-0.2, -0.15) is 0 Å². The second-order valence-corrected chi connectivity index (χ2v) is 10.5. The monoisotopic (exact) mass is 565 g/mol. The smallest absolute Gasteiger partial charge is 0.253 e. The van der Waals surface area contributed by atoms with Crippen molar-refractivity contribution in [2.75, 3.05) is 11.1 Å². The number of benzene rings is 2. The molecular formula is C25H26Cl3N5O2S. The van der Waals surface area contributed by atoms with Gasteiger partial charge in [-0.3, -0.25) is 9.59 Å². The molecule has 0 fully saturated rings. The number of nitrogens with one attached hydrogen (secondary N) is 2. The zero-order chi connectivity index (χ0) is 26.4. The average Bonchev–Trinajstić information content (AvgIpc) is 3.21. The summed E-state index contributed by atoms with van der Waals surface area (Å²) in [7, 11) is 0. The number of amides is 2. The summed E-state index contributed by atoms with van der Waals surface area (Å²) in [5, 5.41) is 16.3.